The second kappa shape index (κ2) is 8.72. The summed E-state index contributed by atoms with van der Waals surface area (Å²) in [4.78, 5) is 6.05. The van der Waals surface area contributed by atoms with Gasteiger partial charge in [0.15, 0.2) is 5.67 Å². The van der Waals surface area contributed by atoms with Gasteiger partial charge in [-0.15, -0.1) is 16.4 Å². The minimum Gasteiger partial charge on any atom is -0.488 e. The van der Waals surface area contributed by atoms with Crippen molar-refractivity contribution in [2.75, 3.05) is 19.8 Å². The first-order valence-corrected chi connectivity index (χ1v) is 12.0. The number of imidazole rings is 1. The third kappa shape index (κ3) is 4.08. The maximum atomic E-state index is 14.1. The molecule has 4 heterocycles. The number of thiazole rings is 1. The van der Waals surface area contributed by atoms with Gasteiger partial charge in [0.2, 0.25) is 0 Å². The quantitative estimate of drug-likeness (QED) is 0.346. The lowest BCUT2D eigenvalue weighted by Gasteiger charge is -2.33. The first kappa shape index (κ1) is 22.2. The Kier molecular flexibility index (Phi) is 5.53. The highest BCUT2D eigenvalue weighted by Crippen LogP contribution is 2.38. The number of aromatic nitrogens is 5. The van der Waals surface area contributed by atoms with E-state index in [0.717, 1.165) is 15.3 Å². The Morgan fingerprint density at radius 3 is 2.80 bits per heavy atom. The van der Waals surface area contributed by atoms with Crippen LogP contribution >= 0.6 is 22.9 Å². The molecule has 11 heteroatoms. The summed E-state index contributed by atoms with van der Waals surface area (Å²) >= 11 is 7.91. The molecule has 1 atom stereocenters. The molecule has 5 aromatic rings. The SMILES string of the molecule is OC(c1cn(-c2ccc(OCC3(F)COC3)c(Cl)c2)nn1)c1c(-c2ccccc2)sc2cncn12. The minimum atomic E-state index is -1.47. The number of ether oxygens (including phenoxy) is 2. The summed E-state index contributed by atoms with van der Waals surface area (Å²) in [5.41, 5.74) is 1.18. The molecule has 1 aliphatic rings. The van der Waals surface area contributed by atoms with Crippen molar-refractivity contribution in [3.05, 3.63) is 83.7 Å². The fourth-order valence-electron chi connectivity index (χ4n) is 3.89. The molecule has 1 saturated heterocycles. The lowest BCUT2D eigenvalue weighted by atomic mass is 10.1. The topological polar surface area (TPSA) is 86.7 Å². The summed E-state index contributed by atoms with van der Waals surface area (Å²) < 4.78 is 28.0. The van der Waals surface area contributed by atoms with Crippen molar-refractivity contribution in [1.29, 1.82) is 0 Å². The number of fused-ring (bicyclic) bond motifs is 1. The molecule has 0 spiro atoms. The maximum Gasteiger partial charge on any atom is 0.190 e. The van der Waals surface area contributed by atoms with Crippen molar-refractivity contribution >= 4 is 27.8 Å². The van der Waals surface area contributed by atoms with E-state index >= 15 is 0 Å². The standard InChI is InChI=1S/C24H19ClFN5O3S/c25-17-8-16(6-7-19(17)34-13-24(26)11-33-12-24)31-10-18(28-29-31)22(32)21-23(15-4-2-1-3-5-15)35-20-9-27-14-30(20)21/h1-10,14,22,32H,11-13H2. The predicted octanol–water partition coefficient (Wildman–Crippen LogP) is 4.50. The minimum absolute atomic E-state index is 0.0221. The van der Waals surface area contributed by atoms with E-state index in [4.69, 9.17) is 21.1 Å². The van der Waals surface area contributed by atoms with Crippen LogP contribution in [0, 0.1) is 0 Å². The van der Waals surface area contributed by atoms with E-state index < -0.39 is 11.8 Å². The van der Waals surface area contributed by atoms with Crippen molar-refractivity contribution in [1.82, 2.24) is 24.4 Å². The molecular weight excluding hydrogens is 493 g/mol. The van der Waals surface area contributed by atoms with Gasteiger partial charge in [-0.1, -0.05) is 47.1 Å². The van der Waals surface area contributed by atoms with Crippen LogP contribution in [0.3, 0.4) is 0 Å². The molecule has 1 aliphatic heterocycles. The fraction of sp³-hybridized carbons (Fsp3) is 0.208. The van der Waals surface area contributed by atoms with E-state index in [0.29, 0.717) is 27.8 Å². The highest BCUT2D eigenvalue weighted by Gasteiger charge is 2.40. The Bertz CT molecular complexity index is 1500. The number of aliphatic hydroxyl groups is 1. The summed E-state index contributed by atoms with van der Waals surface area (Å²) in [6.07, 6.45) is 4.05. The van der Waals surface area contributed by atoms with Crippen LogP contribution in [0.25, 0.3) is 21.0 Å². The van der Waals surface area contributed by atoms with E-state index in [1.165, 1.54) is 4.68 Å². The van der Waals surface area contributed by atoms with Crippen LogP contribution < -0.4 is 4.74 Å². The van der Waals surface area contributed by atoms with Crippen LogP contribution in [0.1, 0.15) is 17.5 Å². The monoisotopic (exact) mass is 511 g/mol. The first-order valence-electron chi connectivity index (χ1n) is 10.8. The molecule has 35 heavy (non-hydrogen) atoms. The molecule has 0 saturated carbocycles. The van der Waals surface area contributed by atoms with Crippen LogP contribution in [0.15, 0.2) is 67.3 Å². The Hall–Kier alpha value is -3.31. The van der Waals surface area contributed by atoms with Gasteiger partial charge in [0.25, 0.3) is 0 Å². The zero-order valence-electron chi connectivity index (χ0n) is 18.2. The third-order valence-corrected chi connectivity index (χ3v) is 7.23. The normalized spacial score (nSPS) is 15.7. The number of hydrogen-bond acceptors (Lipinski definition) is 7. The molecule has 6 rings (SSSR count). The van der Waals surface area contributed by atoms with Gasteiger partial charge in [0.1, 0.15) is 35.3 Å². The third-order valence-electron chi connectivity index (χ3n) is 5.78. The lowest BCUT2D eigenvalue weighted by Crippen LogP contribution is -2.50. The molecule has 178 valence electrons. The van der Waals surface area contributed by atoms with Crippen molar-refractivity contribution in [3.63, 3.8) is 0 Å². The van der Waals surface area contributed by atoms with E-state index in [-0.39, 0.29) is 19.8 Å². The molecule has 8 nitrogen and oxygen atoms in total. The number of hydrogen-bond donors (Lipinski definition) is 1. The molecule has 0 amide bonds. The summed E-state index contributed by atoms with van der Waals surface area (Å²) in [7, 11) is 0. The molecule has 1 N–H and O–H groups in total. The highest BCUT2D eigenvalue weighted by molar-refractivity contribution is 7.20. The highest BCUT2D eigenvalue weighted by atomic mass is 35.5. The Labute approximate surface area is 208 Å². The Morgan fingerprint density at radius 1 is 1.23 bits per heavy atom. The van der Waals surface area contributed by atoms with Crippen molar-refractivity contribution in [3.8, 4) is 21.9 Å². The summed E-state index contributed by atoms with van der Waals surface area (Å²) in [6, 6.07) is 14.9. The van der Waals surface area contributed by atoms with Gasteiger partial charge in [0.05, 0.1) is 46.9 Å². The van der Waals surface area contributed by atoms with Crippen LogP contribution in [-0.4, -0.2) is 55.0 Å². The van der Waals surface area contributed by atoms with E-state index in [9.17, 15) is 9.50 Å². The Balaban J connectivity index is 1.28. The molecule has 0 bridgehead atoms. The number of nitrogens with zero attached hydrogens (tertiary/aromatic N) is 5. The van der Waals surface area contributed by atoms with Gasteiger partial charge < -0.3 is 14.6 Å². The van der Waals surface area contributed by atoms with Gasteiger partial charge in [-0.2, -0.15) is 0 Å². The fourth-order valence-corrected chi connectivity index (χ4v) is 5.25. The second-order valence-electron chi connectivity index (χ2n) is 8.32. The molecule has 1 unspecified atom stereocenters. The van der Waals surface area contributed by atoms with Gasteiger partial charge in [-0.05, 0) is 23.8 Å². The first-order chi connectivity index (χ1) is 17.0. The Morgan fingerprint density at radius 2 is 2.06 bits per heavy atom. The van der Waals surface area contributed by atoms with E-state index in [1.54, 1.807) is 48.3 Å². The van der Waals surface area contributed by atoms with Gasteiger partial charge in [-0.3, -0.25) is 4.40 Å². The molecule has 3 aromatic heterocycles. The molecular formula is C24H19ClFN5O3S. The number of halogens is 2. The zero-order valence-corrected chi connectivity index (χ0v) is 19.8. The largest absolute Gasteiger partial charge is 0.488 e. The number of benzene rings is 2. The van der Waals surface area contributed by atoms with Crippen molar-refractivity contribution < 1.29 is 19.0 Å². The lowest BCUT2D eigenvalue weighted by molar-refractivity contribution is -0.146. The average molecular weight is 512 g/mol. The maximum absolute atomic E-state index is 14.1. The van der Waals surface area contributed by atoms with Crippen LogP contribution in [-0.2, 0) is 4.74 Å². The predicted molar refractivity (Wildman–Crippen MR) is 129 cm³/mol. The van der Waals surface area contributed by atoms with Crippen molar-refractivity contribution in [2.24, 2.45) is 0 Å². The van der Waals surface area contributed by atoms with Crippen LogP contribution in [0.2, 0.25) is 5.02 Å². The summed E-state index contributed by atoms with van der Waals surface area (Å²) in [5, 5.41) is 20.0. The van der Waals surface area contributed by atoms with Gasteiger partial charge >= 0.3 is 0 Å². The zero-order chi connectivity index (χ0) is 24.0. The molecule has 0 radical (unpaired) electrons. The average Bonchev–Trinajstić information content (AvgIpc) is 3.58. The molecule has 1 fully saturated rings. The summed E-state index contributed by atoms with van der Waals surface area (Å²) in [6.45, 7) is -0.0820. The van der Waals surface area contributed by atoms with Gasteiger partial charge in [0, 0.05) is 0 Å². The molecule has 0 aliphatic carbocycles. The second-order valence-corrected chi connectivity index (χ2v) is 9.76. The number of rotatable bonds is 7. The smallest absolute Gasteiger partial charge is 0.190 e. The number of alkyl halides is 1. The van der Waals surface area contributed by atoms with E-state index in [2.05, 4.69) is 15.3 Å². The van der Waals surface area contributed by atoms with Crippen LogP contribution in [0.4, 0.5) is 4.39 Å². The van der Waals surface area contributed by atoms with E-state index in [1.807, 2.05) is 34.7 Å². The number of aliphatic hydroxyl groups excluding tert-OH is 1. The van der Waals surface area contributed by atoms with Gasteiger partial charge in [-0.25, -0.2) is 14.1 Å². The molecule has 2 aromatic carbocycles. The van der Waals surface area contributed by atoms with Crippen molar-refractivity contribution in [2.45, 2.75) is 11.8 Å². The summed E-state index contributed by atoms with van der Waals surface area (Å²) in [5.74, 6) is 0.369. The van der Waals surface area contributed by atoms with Crippen LogP contribution in [0.5, 0.6) is 5.75 Å².